The Bertz CT molecular complexity index is 353. The smallest absolute Gasteiger partial charge is 0.0367 e. The quantitative estimate of drug-likeness (QED) is 0.216. The van der Waals surface area contributed by atoms with E-state index in [1.54, 1.807) is 0 Å². The van der Waals surface area contributed by atoms with Crippen LogP contribution in [0.15, 0.2) is 35.4 Å². The Morgan fingerprint density at radius 1 is 1.31 bits per heavy atom. The molecule has 0 unspecified atom stereocenters. The second kappa shape index (κ2) is 5.70. The first-order valence-corrected chi connectivity index (χ1v) is 3.98. The Morgan fingerprint density at radius 3 is 2.77 bits per heavy atom. The topological polar surface area (TPSA) is 48.8 Å². The minimum atomic E-state index is 0.441. The Labute approximate surface area is 77.0 Å². The van der Waals surface area contributed by atoms with Crippen LogP contribution < -0.4 is 0 Å². The van der Waals surface area contributed by atoms with Crippen LogP contribution in [0.25, 0.3) is 10.4 Å². The summed E-state index contributed by atoms with van der Waals surface area (Å²) in [5.41, 5.74) is 8.98. The minimum absolute atomic E-state index is 0.441. The van der Waals surface area contributed by atoms with Gasteiger partial charge in [0.15, 0.2) is 0 Å². The number of rotatable bonds is 2. The summed E-state index contributed by atoms with van der Waals surface area (Å²) in [5, 5.41) is 3.38. The van der Waals surface area contributed by atoms with Crippen LogP contribution in [-0.4, -0.2) is 6.54 Å². The Balaban J connectivity index is 2.44. The molecule has 1 aromatic carbocycles. The lowest BCUT2D eigenvalue weighted by atomic mass is 10.2. The van der Waals surface area contributed by atoms with Gasteiger partial charge in [-0.3, -0.25) is 0 Å². The molecular formula is C10H9N3. The van der Waals surface area contributed by atoms with Crippen molar-refractivity contribution in [1.29, 1.82) is 0 Å². The van der Waals surface area contributed by atoms with Gasteiger partial charge >= 0.3 is 0 Å². The van der Waals surface area contributed by atoms with Gasteiger partial charge in [-0.1, -0.05) is 35.2 Å². The van der Waals surface area contributed by atoms with Gasteiger partial charge in [0.1, 0.15) is 0 Å². The highest BCUT2D eigenvalue weighted by Gasteiger charge is 1.80. The largest absolute Gasteiger partial charge is 0.0978 e. The van der Waals surface area contributed by atoms with E-state index in [2.05, 4.69) is 21.9 Å². The van der Waals surface area contributed by atoms with Crippen LogP contribution in [0.4, 0.5) is 0 Å². The van der Waals surface area contributed by atoms with E-state index in [0.29, 0.717) is 13.0 Å². The van der Waals surface area contributed by atoms with Gasteiger partial charge in [-0.05, 0) is 17.7 Å². The summed E-state index contributed by atoms with van der Waals surface area (Å²) in [7, 11) is 0. The molecule has 64 valence electrons. The number of hydrogen-bond acceptors (Lipinski definition) is 1. The SMILES string of the molecule is [N-]=[N+]=NCCC#Cc1ccccc1. The van der Waals surface area contributed by atoms with Gasteiger partial charge in [0, 0.05) is 23.4 Å². The molecule has 0 radical (unpaired) electrons. The number of nitrogens with zero attached hydrogens (tertiary/aromatic N) is 3. The number of benzene rings is 1. The third-order valence-electron chi connectivity index (χ3n) is 1.41. The second-order valence-electron chi connectivity index (χ2n) is 2.37. The maximum absolute atomic E-state index is 7.99. The van der Waals surface area contributed by atoms with E-state index in [0.717, 1.165) is 5.56 Å². The van der Waals surface area contributed by atoms with E-state index in [-0.39, 0.29) is 0 Å². The van der Waals surface area contributed by atoms with Gasteiger partial charge in [0.05, 0.1) is 0 Å². The number of azide groups is 1. The molecule has 0 aromatic heterocycles. The summed E-state index contributed by atoms with van der Waals surface area (Å²) < 4.78 is 0. The summed E-state index contributed by atoms with van der Waals surface area (Å²) in [6.07, 6.45) is 0.610. The van der Waals surface area contributed by atoms with E-state index in [1.165, 1.54) is 0 Å². The average Bonchev–Trinajstić information content (AvgIpc) is 2.19. The van der Waals surface area contributed by atoms with Gasteiger partial charge in [0.25, 0.3) is 0 Å². The monoisotopic (exact) mass is 171 g/mol. The molecule has 0 bridgehead atoms. The molecule has 0 N–H and O–H groups in total. The van der Waals surface area contributed by atoms with Gasteiger partial charge in [-0.2, -0.15) is 0 Å². The van der Waals surface area contributed by atoms with Crippen molar-refractivity contribution in [3.63, 3.8) is 0 Å². The molecule has 0 amide bonds. The molecule has 1 rings (SSSR count). The van der Waals surface area contributed by atoms with Crippen LogP contribution in [0, 0.1) is 11.8 Å². The van der Waals surface area contributed by atoms with Gasteiger partial charge < -0.3 is 0 Å². The molecule has 1 aromatic rings. The molecule has 0 saturated heterocycles. The van der Waals surface area contributed by atoms with Crippen LogP contribution in [0.2, 0.25) is 0 Å². The van der Waals surface area contributed by atoms with Crippen LogP contribution in [0.3, 0.4) is 0 Å². The van der Waals surface area contributed by atoms with Crippen LogP contribution >= 0.6 is 0 Å². The van der Waals surface area contributed by atoms with Crippen LogP contribution in [0.1, 0.15) is 12.0 Å². The van der Waals surface area contributed by atoms with Crippen LogP contribution in [0.5, 0.6) is 0 Å². The first kappa shape index (κ1) is 9.18. The fourth-order valence-electron chi connectivity index (χ4n) is 0.837. The molecule has 3 nitrogen and oxygen atoms in total. The van der Waals surface area contributed by atoms with Gasteiger partial charge in [-0.15, -0.1) is 0 Å². The zero-order chi connectivity index (χ0) is 9.36. The zero-order valence-electron chi connectivity index (χ0n) is 7.14. The molecule has 0 heterocycles. The molecule has 0 atom stereocenters. The first-order chi connectivity index (χ1) is 6.43. The molecule has 0 fully saturated rings. The first-order valence-electron chi connectivity index (χ1n) is 3.98. The third kappa shape index (κ3) is 3.85. The second-order valence-corrected chi connectivity index (χ2v) is 2.37. The van der Waals surface area contributed by atoms with Crippen molar-refractivity contribution < 1.29 is 0 Å². The van der Waals surface area contributed by atoms with E-state index < -0.39 is 0 Å². The van der Waals surface area contributed by atoms with E-state index in [9.17, 15) is 0 Å². The van der Waals surface area contributed by atoms with Gasteiger partial charge in [0.2, 0.25) is 0 Å². The standard InChI is InChI=1S/C10H9N3/c11-13-12-9-5-4-8-10-6-2-1-3-7-10/h1-3,6-7H,5,9H2. The molecular weight excluding hydrogens is 162 g/mol. The molecule has 0 saturated carbocycles. The molecule has 3 heteroatoms. The summed E-state index contributed by atoms with van der Waals surface area (Å²) in [6, 6.07) is 9.72. The van der Waals surface area contributed by atoms with Crippen LogP contribution in [-0.2, 0) is 0 Å². The van der Waals surface area contributed by atoms with Crippen molar-refractivity contribution in [3.8, 4) is 11.8 Å². The van der Waals surface area contributed by atoms with Crippen molar-refractivity contribution in [2.45, 2.75) is 6.42 Å². The normalized spacial score (nSPS) is 8.00. The number of hydrogen-bond donors (Lipinski definition) is 0. The summed E-state index contributed by atoms with van der Waals surface area (Å²) >= 11 is 0. The lowest BCUT2D eigenvalue weighted by Crippen LogP contribution is -1.74. The van der Waals surface area contributed by atoms with Crippen molar-refractivity contribution in [2.75, 3.05) is 6.54 Å². The predicted molar refractivity (Wildman–Crippen MR) is 52.0 cm³/mol. The lowest BCUT2D eigenvalue weighted by molar-refractivity contribution is 1.01. The summed E-state index contributed by atoms with van der Waals surface area (Å²) in [4.78, 5) is 2.64. The highest BCUT2D eigenvalue weighted by molar-refractivity contribution is 5.33. The molecule has 0 aliphatic carbocycles. The fraction of sp³-hybridized carbons (Fsp3) is 0.200. The van der Waals surface area contributed by atoms with Crippen molar-refractivity contribution in [1.82, 2.24) is 0 Å². The highest BCUT2D eigenvalue weighted by atomic mass is 15.1. The van der Waals surface area contributed by atoms with Gasteiger partial charge in [-0.25, -0.2) is 0 Å². The van der Waals surface area contributed by atoms with E-state index in [1.807, 2.05) is 30.3 Å². The molecule has 0 spiro atoms. The lowest BCUT2D eigenvalue weighted by Gasteiger charge is -1.85. The molecule has 0 aliphatic rings. The molecule has 13 heavy (non-hydrogen) atoms. The van der Waals surface area contributed by atoms with Crippen molar-refractivity contribution in [2.24, 2.45) is 5.11 Å². The minimum Gasteiger partial charge on any atom is -0.0978 e. The fourth-order valence-corrected chi connectivity index (χ4v) is 0.837. The Morgan fingerprint density at radius 2 is 2.08 bits per heavy atom. The zero-order valence-corrected chi connectivity index (χ0v) is 7.14. The Kier molecular flexibility index (Phi) is 4.03. The predicted octanol–water partition coefficient (Wildman–Crippen LogP) is 2.74. The third-order valence-corrected chi connectivity index (χ3v) is 1.41. The molecule has 0 aliphatic heterocycles. The maximum Gasteiger partial charge on any atom is 0.0367 e. The Hall–Kier alpha value is -1.91. The van der Waals surface area contributed by atoms with Crippen molar-refractivity contribution in [3.05, 3.63) is 46.3 Å². The average molecular weight is 171 g/mol. The summed E-state index contributed by atoms with van der Waals surface area (Å²) in [5.74, 6) is 5.89. The van der Waals surface area contributed by atoms with E-state index >= 15 is 0 Å². The maximum atomic E-state index is 7.99. The van der Waals surface area contributed by atoms with Crippen molar-refractivity contribution >= 4 is 0 Å². The van der Waals surface area contributed by atoms with E-state index in [4.69, 9.17) is 5.53 Å². The highest BCUT2D eigenvalue weighted by Crippen LogP contribution is 1.94. The summed E-state index contributed by atoms with van der Waals surface area (Å²) in [6.45, 7) is 0.441.